The highest BCUT2D eigenvalue weighted by Gasteiger charge is 2.00. The maximum atomic E-state index is 5.35. The Morgan fingerprint density at radius 3 is 2.67 bits per heavy atom. The van der Waals surface area contributed by atoms with Crippen molar-refractivity contribution in [3.63, 3.8) is 0 Å². The molecular weight excluding hydrogens is 152 g/mol. The SMILES string of the molecule is CCCOCC(C=C(C)C)NN. The van der Waals surface area contributed by atoms with E-state index in [-0.39, 0.29) is 6.04 Å². The first kappa shape index (κ1) is 11.6. The lowest BCUT2D eigenvalue weighted by atomic mass is 10.2. The summed E-state index contributed by atoms with van der Waals surface area (Å²) in [5, 5.41) is 0. The summed E-state index contributed by atoms with van der Waals surface area (Å²) >= 11 is 0. The van der Waals surface area contributed by atoms with Gasteiger partial charge in [-0.25, -0.2) is 0 Å². The van der Waals surface area contributed by atoms with Crippen molar-refractivity contribution in [1.29, 1.82) is 0 Å². The molecule has 1 unspecified atom stereocenters. The average molecular weight is 172 g/mol. The summed E-state index contributed by atoms with van der Waals surface area (Å²) in [5.74, 6) is 5.33. The van der Waals surface area contributed by atoms with E-state index >= 15 is 0 Å². The number of hydrogen-bond acceptors (Lipinski definition) is 3. The minimum absolute atomic E-state index is 0.140. The summed E-state index contributed by atoms with van der Waals surface area (Å²) in [6, 6.07) is 0.140. The van der Waals surface area contributed by atoms with Crippen molar-refractivity contribution in [2.24, 2.45) is 5.84 Å². The molecule has 0 radical (unpaired) electrons. The molecule has 3 N–H and O–H groups in total. The number of rotatable bonds is 6. The van der Waals surface area contributed by atoms with Gasteiger partial charge < -0.3 is 4.74 Å². The normalized spacial score (nSPS) is 12.7. The molecule has 12 heavy (non-hydrogen) atoms. The lowest BCUT2D eigenvalue weighted by Gasteiger charge is -2.12. The molecule has 0 aliphatic rings. The van der Waals surface area contributed by atoms with Gasteiger partial charge in [-0.3, -0.25) is 11.3 Å². The molecule has 0 aromatic heterocycles. The fourth-order valence-electron chi connectivity index (χ4n) is 0.901. The van der Waals surface area contributed by atoms with E-state index < -0.39 is 0 Å². The van der Waals surface area contributed by atoms with E-state index in [0.29, 0.717) is 6.61 Å². The van der Waals surface area contributed by atoms with Crippen LogP contribution in [0.25, 0.3) is 0 Å². The van der Waals surface area contributed by atoms with Gasteiger partial charge in [-0.15, -0.1) is 0 Å². The van der Waals surface area contributed by atoms with Gasteiger partial charge in [0.1, 0.15) is 0 Å². The predicted octanol–water partition coefficient (Wildman–Crippen LogP) is 1.21. The summed E-state index contributed by atoms with van der Waals surface area (Å²) in [5.41, 5.74) is 3.94. The van der Waals surface area contributed by atoms with Crippen molar-refractivity contribution in [3.05, 3.63) is 11.6 Å². The monoisotopic (exact) mass is 172 g/mol. The first-order valence-corrected chi connectivity index (χ1v) is 4.39. The fraction of sp³-hybridized carbons (Fsp3) is 0.778. The smallest absolute Gasteiger partial charge is 0.0668 e. The average Bonchev–Trinajstić information content (AvgIpc) is 2.02. The third kappa shape index (κ3) is 6.34. The van der Waals surface area contributed by atoms with Gasteiger partial charge in [0.15, 0.2) is 0 Å². The van der Waals surface area contributed by atoms with Crippen LogP contribution in [0.4, 0.5) is 0 Å². The molecule has 0 aromatic rings. The molecule has 0 rings (SSSR count). The minimum atomic E-state index is 0.140. The Morgan fingerprint density at radius 2 is 2.25 bits per heavy atom. The molecule has 0 aliphatic carbocycles. The summed E-state index contributed by atoms with van der Waals surface area (Å²) in [6.07, 6.45) is 3.11. The number of nitrogens with one attached hydrogen (secondary N) is 1. The van der Waals surface area contributed by atoms with Gasteiger partial charge in [0, 0.05) is 6.61 Å². The van der Waals surface area contributed by atoms with Crippen LogP contribution in [0.1, 0.15) is 27.2 Å². The number of nitrogens with two attached hydrogens (primary N) is 1. The molecule has 0 aromatic carbocycles. The molecule has 0 bridgehead atoms. The molecule has 3 heteroatoms. The van der Waals surface area contributed by atoms with Crippen molar-refractivity contribution in [2.75, 3.05) is 13.2 Å². The van der Waals surface area contributed by atoms with Gasteiger partial charge in [-0.05, 0) is 20.3 Å². The van der Waals surface area contributed by atoms with Gasteiger partial charge in [-0.2, -0.15) is 0 Å². The van der Waals surface area contributed by atoms with Gasteiger partial charge in [-0.1, -0.05) is 18.6 Å². The molecule has 0 aliphatic heterocycles. The van der Waals surface area contributed by atoms with E-state index in [4.69, 9.17) is 10.6 Å². The van der Waals surface area contributed by atoms with Gasteiger partial charge in [0.25, 0.3) is 0 Å². The van der Waals surface area contributed by atoms with Crippen LogP contribution in [-0.4, -0.2) is 19.3 Å². The van der Waals surface area contributed by atoms with Gasteiger partial charge in [0.2, 0.25) is 0 Å². The molecule has 0 amide bonds. The Bertz CT molecular complexity index is 130. The predicted molar refractivity (Wildman–Crippen MR) is 51.7 cm³/mol. The van der Waals surface area contributed by atoms with Crippen LogP contribution in [0, 0.1) is 0 Å². The van der Waals surface area contributed by atoms with Gasteiger partial charge in [0.05, 0.1) is 12.6 Å². The highest BCUT2D eigenvalue weighted by Crippen LogP contribution is 1.94. The maximum Gasteiger partial charge on any atom is 0.0668 e. The molecule has 72 valence electrons. The highest BCUT2D eigenvalue weighted by atomic mass is 16.5. The maximum absolute atomic E-state index is 5.35. The summed E-state index contributed by atoms with van der Waals surface area (Å²) < 4.78 is 5.35. The molecule has 0 saturated heterocycles. The van der Waals surface area contributed by atoms with Crippen LogP contribution in [0.15, 0.2) is 11.6 Å². The van der Waals surface area contributed by atoms with Crippen molar-refractivity contribution in [2.45, 2.75) is 33.2 Å². The summed E-state index contributed by atoms with van der Waals surface area (Å²) in [4.78, 5) is 0. The molecule has 0 heterocycles. The van der Waals surface area contributed by atoms with E-state index in [1.54, 1.807) is 0 Å². The summed E-state index contributed by atoms with van der Waals surface area (Å²) in [7, 11) is 0. The van der Waals surface area contributed by atoms with Crippen LogP contribution in [-0.2, 0) is 4.74 Å². The second kappa shape index (κ2) is 7.28. The molecule has 0 saturated carbocycles. The van der Waals surface area contributed by atoms with Crippen molar-refractivity contribution >= 4 is 0 Å². The van der Waals surface area contributed by atoms with E-state index in [9.17, 15) is 0 Å². The van der Waals surface area contributed by atoms with Crippen LogP contribution < -0.4 is 11.3 Å². The summed E-state index contributed by atoms with van der Waals surface area (Å²) in [6.45, 7) is 7.63. The molecule has 0 spiro atoms. The number of allylic oxidation sites excluding steroid dienone is 1. The highest BCUT2D eigenvalue weighted by molar-refractivity contribution is 5.00. The zero-order valence-corrected chi connectivity index (χ0v) is 8.26. The number of hydrazine groups is 1. The Kier molecular flexibility index (Phi) is 7.05. The third-order valence-corrected chi connectivity index (χ3v) is 1.39. The van der Waals surface area contributed by atoms with Crippen LogP contribution in [0.3, 0.4) is 0 Å². The van der Waals surface area contributed by atoms with Crippen molar-refractivity contribution < 1.29 is 4.74 Å². The van der Waals surface area contributed by atoms with Crippen LogP contribution in [0.5, 0.6) is 0 Å². The molecule has 1 atom stereocenters. The zero-order chi connectivity index (χ0) is 9.40. The topological polar surface area (TPSA) is 47.3 Å². The largest absolute Gasteiger partial charge is 0.379 e. The quantitative estimate of drug-likeness (QED) is 0.274. The zero-order valence-electron chi connectivity index (χ0n) is 8.26. The van der Waals surface area contributed by atoms with E-state index in [1.807, 2.05) is 13.8 Å². The second-order valence-electron chi connectivity index (χ2n) is 3.09. The Labute approximate surface area is 74.9 Å². The Balaban J connectivity index is 3.61. The Hall–Kier alpha value is -0.380. The van der Waals surface area contributed by atoms with Gasteiger partial charge >= 0.3 is 0 Å². The Morgan fingerprint density at radius 1 is 1.58 bits per heavy atom. The van der Waals surface area contributed by atoms with E-state index in [0.717, 1.165) is 13.0 Å². The van der Waals surface area contributed by atoms with Crippen molar-refractivity contribution in [3.8, 4) is 0 Å². The first-order valence-electron chi connectivity index (χ1n) is 4.39. The fourth-order valence-corrected chi connectivity index (χ4v) is 0.901. The molecule has 0 fully saturated rings. The molecule has 3 nitrogen and oxygen atoms in total. The van der Waals surface area contributed by atoms with Crippen LogP contribution in [0.2, 0.25) is 0 Å². The van der Waals surface area contributed by atoms with E-state index in [2.05, 4.69) is 18.4 Å². The number of ether oxygens (including phenoxy) is 1. The molecular formula is C9H20N2O. The first-order chi connectivity index (χ1) is 5.70. The van der Waals surface area contributed by atoms with E-state index in [1.165, 1.54) is 5.57 Å². The lowest BCUT2D eigenvalue weighted by molar-refractivity contribution is 0.122. The standard InChI is InChI=1S/C9H20N2O/c1-4-5-12-7-9(11-10)6-8(2)3/h6,9,11H,4-5,7,10H2,1-3H3. The lowest BCUT2D eigenvalue weighted by Crippen LogP contribution is -2.37. The second-order valence-corrected chi connectivity index (χ2v) is 3.09. The third-order valence-electron chi connectivity index (χ3n) is 1.39. The minimum Gasteiger partial charge on any atom is -0.379 e. The van der Waals surface area contributed by atoms with Crippen LogP contribution >= 0.6 is 0 Å². The number of hydrogen-bond donors (Lipinski definition) is 2. The van der Waals surface area contributed by atoms with Crippen molar-refractivity contribution in [1.82, 2.24) is 5.43 Å².